The van der Waals surface area contributed by atoms with Crippen molar-refractivity contribution in [2.24, 2.45) is 4.99 Å². The maximum atomic E-state index is 12.6. The van der Waals surface area contributed by atoms with E-state index in [0.29, 0.717) is 14.5 Å². The molecule has 1 N–H and O–H groups in total. The zero-order valence-corrected chi connectivity index (χ0v) is 17.6. The van der Waals surface area contributed by atoms with Crippen LogP contribution in [0.4, 0.5) is 0 Å². The molecule has 4 rings (SSSR count). The molecule has 0 radical (unpaired) electrons. The molecule has 0 spiro atoms. The fourth-order valence-corrected chi connectivity index (χ4v) is 5.29. The summed E-state index contributed by atoms with van der Waals surface area (Å²) in [4.78, 5) is 30.4. The normalized spacial score (nSPS) is 11.8. The summed E-state index contributed by atoms with van der Waals surface area (Å²) >= 11 is 2.74. The van der Waals surface area contributed by atoms with E-state index in [2.05, 4.69) is 10.3 Å². The molecular weight excluding hydrogens is 443 g/mol. The molecule has 2 amide bonds. The Morgan fingerprint density at radius 2 is 1.44 bits per heavy atom. The summed E-state index contributed by atoms with van der Waals surface area (Å²) in [6.07, 6.45) is 0. The van der Waals surface area contributed by atoms with Gasteiger partial charge in [0.15, 0.2) is 0 Å². The number of aliphatic imine (C=N–C) groups is 1. The summed E-state index contributed by atoms with van der Waals surface area (Å²) in [6, 6.07) is 19.4. The summed E-state index contributed by atoms with van der Waals surface area (Å²) in [5.74, 6) is 1.39. The maximum absolute atomic E-state index is 12.6. The van der Waals surface area contributed by atoms with Crippen LogP contribution in [0.25, 0.3) is 20.2 Å². The van der Waals surface area contributed by atoms with Gasteiger partial charge in [0.1, 0.15) is 0 Å². The number of fused-ring (bicyclic) bond motifs is 2. The Morgan fingerprint density at radius 1 is 0.889 bits per heavy atom. The number of amides is 2. The molecule has 0 saturated carbocycles. The van der Waals surface area contributed by atoms with Crippen LogP contribution in [0.3, 0.4) is 0 Å². The second-order valence-electron chi connectivity index (χ2n) is 5.68. The molecule has 0 aliphatic heterocycles. The fraction of sp³-hybridized carbons (Fsp3) is 0.0500. The Hall–Kier alpha value is -2.31. The van der Waals surface area contributed by atoms with Crippen LogP contribution in [0.2, 0.25) is 5.82 Å². The van der Waals surface area contributed by atoms with Gasteiger partial charge in [-0.25, -0.2) is 0 Å². The second-order valence-corrected chi connectivity index (χ2v) is 9.51. The van der Waals surface area contributed by atoms with Crippen molar-refractivity contribution in [3.8, 4) is 0 Å². The number of hydrogen-bond acceptors (Lipinski definition) is 4. The van der Waals surface area contributed by atoms with Crippen LogP contribution in [0.15, 0.2) is 65.7 Å². The third-order valence-electron chi connectivity index (χ3n) is 3.90. The molecule has 0 bridgehead atoms. The number of nitrogens with one attached hydrogen (secondary N) is 1. The number of carbonyl (C=O) groups is 2. The van der Waals surface area contributed by atoms with Crippen molar-refractivity contribution in [2.75, 3.05) is 0 Å². The zero-order valence-electron chi connectivity index (χ0n) is 14.3. The molecule has 0 aliphatic carbocycles. The number of hydrogen-bond donors (Lipinski definition) is 1. The first-order valence-electron chi connectivity index (χ1n) is 8.09. The molecule has 2 heterocycles. The number of thiophene rings is 2. The van der Waals surface area contributed by atoms with Gasteiger partial charge in [-0.2, -0.15) is 0 Å². The van der Waals surface area contributed by atoms with Crippen LogP contribution in [-0.2, 0) is 0 Å². The average molecular weight is 457 g/mol. The molecule has 4 nitrogen and oxygen atoms in total. The minimum absolute atomic E-state index is 0.112. The molecular formula is C20H14N2O2S2Se. The van der Waals surface area contributed by atoms with E-state index >= 15 is 0 Å². The summed E-state index contributed by atoms with van der Waals surface area (Å²) in [5, 5.41) is 4.87. The predicted octanol–water partition coefficient (Wildman–Crippen LogP) is 4.79. The van der Waals surface area contributed by atoms with E-state index < -0.39 is 0 Å². The number of nitrogens with zero attached hydrogens (tertiary/aromatic N) is 1. The van der Waals surface area contributed by atoms with Crippen LogP contribution in [0.5, 0.6) is 0 Å². The summed E-state index contributed by atoms with van der Waals surface area (Å²) in [6.45, 7) is 0. The number of rotatable bonds is 3. The molecule has 134 valence electrons. The number of amidine groups is 1. The quantitative estimate of drug-likeness (QED) is 0.273. The summed E-state index contributed by atoms with van der Waals surface area (Å²) < 4.78 is 2.55. The minimum atomic E-state index is -0.313. The Balaban J connectivity index is 1.55. The Labute approximate surface area is 170 Å². The molecule has 4 aromatic rings. The third-order valence-corrected chi connectivity index (χ3v) is 7.34. The molecule has 7 heteroatoms. The second kappa shape index (κ2) is 7.74. The van der Waals surface area contributed by atoms with Crippen molar-refractivity contribution < 1.29 is 9.59 Å². The van der Waals surface area contributed by atoms with E-state index in [1.807, 2.05) is 66.5 Å². The average Bonchev–Trinajstić information content (AvgIpc) is 3.31. The van der Waals surface area contributed by atoms with Crippen molar-refractivity contribution in [3.05, 3.63) is 70.4 Å². The SMILES string of the molecule is C[Se]C(=NC(=O)c1cc2ccccc2s1)NC(=O)c1cc2ccccc2s1. The van der Waals surface area contributed by atoms with Crippen molar-refractivity contribution in [1.82, 2.24) is 5.32 Å². The van der Waals surface area contributed by atoms with E-state index in [-0.39, 0.29) is 26.8 Å². The van der Waals surface area contributed by atoms with Gasteiger partial charge in [0.05, 0.1) is 0 Å². The Bertz CT molecular complexity index is 1130. The molecule has 0 fully saturated rings. The summed E-state index contributed by atoms with van der Waals surface area (Å²) in [5.41, 5.74) is 0. The van der Waals surface area contributed by atoms with Crippen molar-refractivity contribution in [2.45, 2.75) is 5.82 Å². The summed E-state index contributed by atoms with van der Waals surface area (Å²) in [7, 11) is 0. The van der Waals surface area contributed by atoms with Gasteiger partial charge in [-0.1, -0.05) is 0 Å². The monoisotopic (exact) mass is 458 g/mol. The number of benzene rings is 2. The van der Waals surface area contributed by atoms with E-state index in [4.69, 9.17) is 0 Å². The van der Waals surface area contributed by atoms with Crippen LogP contribution in [0, 0.1) is 0 Å². The third kappa shape index (κ3) is 3.87. The van der Waals surface area contributed by atoms with Crippen molar-refractivity contribution >= 4 is 74.4 Å². The van der Waals surface area contributed by atoms with Crippen LogP contribution in [0.1, 0.15) is 19.3 Å². The topological polar surface area (TPSA) is 58.5 Å². The molecule has 2 aromatic heterocycles. The predicted molar refractivity (Wildman–Crippen MR) is 114 cm³/mol. The van der Waals surface area contributed by atoms with Gasteiger partial charge in [-0.3, -0.25) is 0 Å². The van der Waals surface area contributed by atoms with Crippen LogP contribution >= 0.6 is 22.7 Å². The van der Waals surface area contributed by atoms with Gasteiger partial charge >= 0.3 is 170 Å². The molecule has 0 unspecified atom stereocenters. The van der Waals surface area contributed by atoms with E-state index in [1.54, 1.807) is 0 Å². The Morgan fingerprint density at radius 3 is 2.04 bits per heavy atom. The first-order valence-corrected chi connectivity index (χ1v) is 12.3. The van der Waals surface area contributed by atoms with Gasteiger partial charge < -0.3 is 0 Å². The van der Waals surface area contributed by atoms with Crippen molar-refractivity contribution in [3.63, 3.8) is 0 Å². The van der Waals surface area contributed by atoms with Gasteiger partial charge in [0.2, 0.25) is 0 Å². The Kier molecular flexibility index (Phi) is 5.18. The van der Waals surface area contributed by atoms with E-state index in [0.717, 1.165) is 20.2 Å². The first-order chi connectivity index (χ1) is 13.1. The van der Waals surface area contributed by atoms with Gasteiger partial charge in [0, 0.05) is 0 Å². The molecule has 2 aromatic carbocycles. The van der Waals surface area contributed by atoms with E-state index in [9.17, 15) is 9.59 Å². The molecule has 27 heavy (non-hydrogen) atoms. The van der Waals surface area contributed by atoms with Gasteiger partial charge in [-0.15, -0.1) is 0 Å². The van der Waals surface area contributed by atoms with Crippen LogP contribution < -0.4 is 5.32 Å². The van der Waals surface area contributed by atoms with Gasteiger partial charge in [0.25, 0.3) is 0 Å². The van der Waals surface area contributed by atoms with Gasteiger partial charge in [-0.05, 0) is 0 Å². The molecule has 0 atom stereocenters. The zero-order chi connectivity index (χ0) is 18.8. The first kappa shape index (κ1) is 18.1. The molecule has 0 aliphatic rings. The number of carbonyl (C=O) groups excluding carboxylic acids is 2. The van der Waals surface area contributed by atoms with Crippen LogP contribution in [-0.4, -0.2) is 31.5 Å². The van der Waals surface area contributed by atoms with E-state index in [1.165, 1.54) is 22.7 Å². The standard InChI is InChI=1S/C20H14N2O2S2Se/c1-27-20(21-18(23)16-10-12-6-2-4-8-14(12)25-16)22-19(24)17-11-13-7-3-5-9-15(13)26-17/h2-11H,1H3,(H,21,22,23,24). The van der Waals surface area contributed by atoms with Crippen molar-refractivity contribution in [1.29, 1.82) is 0 Å². The molecule has 0 saturated heterocycles. The fourth-order valence-electron chi connectivity index (χ4n) is 2.61.